The van der Waals surface area contributed by atoms with Crippen LogP contribution >= 0.6 is 0 Å². The van der Waals surface area contributed by atoms with E-state index in [-0.39, 0.29) is 18.6 Å². The first-order valence-electron chi connectivity index (χ1n) is 11.7. The fraction of sp³-hybridized carbons (Fsp3) is 0.462. The zero-order valence-corrected chi connectivity index (χ0v) is 20.6. The molecule has 0 aliphatic carbocycles. The smallest absolute Gasteiger partial charge is 0.416 e. The van der Waals surface area contributed by atoms with E-state index in [0.29, 0.717) is 43.9 Å². The lowest BCUT2D eigenvalue weighted by Gasteiger charge is -2.18. The largest absolute Gasteiger partial charge is 0.494 e. The summed E-state index contributed by atoms with van der Waals surface area (Å²) in [5.74, 6) is 0.264. The summed E-state index contributed by atoms with van der Waals surface area (Å²) in [6, 6.07) is 12.0. The summed E-state index contributed by atoms with van der Waals surface area (Å²) in [4.78, 5) is 27.8. The molecule has 1 aliphatic heterocycles. The van der Waals surface area contributed by atoms with Crippen LogP contribution in [0.4, 0.5) is 18.0 Å². The maximum absolute atomic E-state index is 12.8. The Kier molecular flexibility index (Phi) is 9.19. The second kappa shape index (κ2) is 12.1. The molecule has 3 rings (SSSR count). The van der Waals surface area contributed by atoms with Crippen LogP contribution in [0.2, 0.25) is 0 Å². The number of ether oxygens (including phenoxy) is 3. The van der Waals surface area contributed by atoms with Crippen molar-refractivity contribution in [3.05, 3.63) is 65.2 Å². The minimum atomic E-state index is -4.39. The molecule has 36 heavy (non-hydrogen) atoms. The Bertz CT molecular complexity index is 1010. The van der Waals surface area contributed by atoms with Gasteiger partial charge in [0.1, 0.15) is 5.75 Å². The monoisotopic (exact) mass is 508 g/mol. The number of rotatable bonds is 11. The highest BCUT2D eigenvalue weighted by Gasteiger charge is 2.34. The Labute approximate surface area is 208 Å². The van der Waals surface area contributed by atoms with Crippen LogP contribution in [0.5, 0.6) is 5.75 Å². The average molecular weight is 509 g/mol. The molecule has 7 nitrogen and oxygen atoms in total. The SMILES string of the molecule is CCOC(=O)C(Cc1ccc(OCCC2CN(Cc3ccc(C(F)(F)F)cc3)C(=O)N2C)cc1)OC. The minimum Gasteiger partial charge on any atom is -0.494 e. The number of methoxy groups -OCH3 is 1. The predicted octanol–water partition coefficient (Wildman–Crippen LogP) is 4.53. The summed E-state index contributed by atoms with van der Waals surface area (Å²) in [6.07, 6.45) is -4.07. The molecule has 2 amide bonds. The summed E-state index contributed by atoms with van der Waals surface area (Å²) in [5.41, 5.74) is 0.833. The molecule has 196 valence electrons. The number of carbonyl (C=O) groups excluding carboxylic acids is 2. The first-order chi connectivity index (χ1) is 17.1. The molecule has 1 heterocycles. The van der Waals surface area contributed by atoms with Gasteiger partial charge < -0.3 is 24.0 Å². The topological polar surface area (TPSA) is 68.3 Å². The number of benzene rings is 2. The van der Waals surface area contributed by atoms with E-state index in [1.165, 1.54) is 19.2 Å². The molecule has 0 bridgehead atoms. The number of alkyl halides is 3. The Morgan fingerprint density at radius 3 is 2.31 bits per heavy atom. The van der Waals surface area contributed by atoms with E-state index in [9.17, 15) is 22.8 Å². The van der Waals surface area contributed by atoms with E-state index in [4.69, 9.17) is 14.2 Å². The molecule has 0 radical (unpaired) electrons. The first kappa shape index (κ1) is 27.3. The normalized spacial score (nSPS) is 16.8. The van der Waals surface area contributed by atoms with Crippen molar-refractivity contribution in [2.45, 2.75) is 44.6 Å². The molecule has 0 saturated carbocycles. The van der Waals surface area contributed by atoms with Crippen LogP contribution in [0.3, 0.4) is 0 Å². The lowest BCUT2D eigenvalue weighted by Crippen LogP contribution is -2.31. The van der Waals surface area contributed by atoms with Crippen molar-refractivity contribution in [2.75, 3.05) is 33.9 Å². The molecule has 0 spiro atoms. The van der Waals surface area contributed by atoms with Crippen LogP contribution in [0.25, 0.3) is 0 Å². The molecule has 2 aromatic carbocycles. The van der Waals surface area contributed by atoms with E-state index in [2.05, 4.69) is 0 Å². The van der Waals surface area contributed by atoms with Gasteiger partial charge in [0.15, 0.2) is 6.10 Å². The predicted molar refractivity (Wildman–Crippen MR) is 126 cm³/mol. The Balaban J connectivity index is 1.47. The fourth-order valence-corrected chi connectivity index (χ4v) is 4.02. The molecule has 2 aromatic rings. The highest BCUT2D eigenvalue weighted by Crippen LogP contribution is 2.29. The first-order valence-corrected chi connectivity index (χ1v) is 11.7. The molecule has 1 saturated heterocycles. The Morgan fingerprint density at radius 1 is 1.08 bits per heavy atom. The highest BCUT2D eigenvalue weighted by molar-refractivity contribution is 5.77. The number of nitrogens with zero attached hydrogens (tertiary/aromatic N) is 2. The van der Waals surface area contributed by atoms with Crippen molar-refractivity contribution in [1.29, 1.82) is 0 Å². The van der Waals surface area contributed by atoms with Gasteiger partial charge in [-0.25, -0.2) is 9.59 Å². The van der Waals surface area contributed by atoms with E-state index in [1.807, 2.05) is 24.3 Å². The van der Waals surface area contributed by atoms with Gasteiger partial charge in [0, 0.05) is 40.1 Å². The van der Waals surface area contributed by atoms with Crippen molar-refractivity contribution in [1.82, 2.24) is 9.80 Å². The number of hydrogen-bond acceptors (Lipinski definition) is 5. The van der Waals surface area contributed by atoms with Gasteiger partial charge in [-0.2, -0.15) is 13.2 Å². The number of esters is 1. The number of hydrogen-bond donors (Lipinski definition) is 0. The zero-order valence-electron chi connectivity index (χ0n) is 20.6. The third-order valence-electron chi connectivity index (χ3n) is 6.10. The second-order valence-corrected chi connectivity index (χ2v) is 8.58. The highest BCUT2D eigenvalue weighted by atomic mass is 19.4. The molecule has 1 aliphatic rings. The third-order valence-corrected chi connectivity index (χ3v) is 6.10. The molecular formula is C26H31F3N2O5. The van der Waals surface area contributed by atoms with E-state index < -0.39 is 23.8 Å². The third kappa shape index (κ3) is 7.13. The van der Waals surface area contributed by atoms with Gasteiger partial charge in [-0.15, -0.1) is 0 Å². The molecule has 0 N–H and O–H groups in total. The van der Waals surface area contributed by atoms with Gasteiger partial charge in [-0.05, 0) is 42.3 Å². The summed E-state index contributed by atoms with van der Waals surface area (Å²) >= 11 is 0. The fourth-order valence-electron chi connectivity index (χ4n) is 4.02. The van der Waals surface area contributed by atoms with Gasteiger partial charge in [-0.1, -0.05) is 24.3 Å². The number of halogens is 3. The number of carbonyl (C=O) groups is 2. The van der Waals surface area contributed by atoms with Gasteiger partial charge in [0.25, 0.3) is 0 Å². The van der Waals surface area contributed by atoms with Crippen LogP contribution < -0.4 is 4.74 Å². The molecule has 2 atom stereocenters. The number of urea groups is 1. The standard InChI is InChI=1S/C26H31F3N2O5/c1-4-35-24(32)23(34-3)15-18-7-11-22(12-8-18)36-14-13-21-17-31(25(33)30(21)2)16-19-5-9-20(10-6-19)26(27,28)29/h5-12,21,23H,4,13-17H2,1-3H3. The van der Waals surface area contributed by atoms with Crippen LogP contribution in [-0.4, -0.2) is 67.9 Å². The summed E-state index contributed by atoms with van der Waals surface area (Å²) < 4.78 is 54.4. The Morgan fingerprint density at radius 2 is 1.72 bits per heavy atom. The Hall–Kier alpha value is -3.27. The molecule has 2 unspecified atom stereocenters. The zero-order chi connectivity index (χ0) is 26.3. The molecular weight excluding hydrogens is 477 g/mol. The van der Waals surface area contributed by atoms with Gasteiger partial charge in [0.2, 0.25) is 0 Å². The van der Waals surface area contributed by atoms with Gasteiger partial charge in [-0.3, -0.25) is 0 Å². The second-order valence-electron chi connectivity index (χ2n) is 8.58. The maximum Gasteiger partial charge on any atom is 0.416 e. The summed E-state index contributed by atoms with van der Waals surface area (Å²) in [5, 5.41) is 0. The molecule has 0 aromatic heterocycles. The minimum absolute atomic E-state index is 0.0711. The number of likely N-dealkylation sites (N-methyl/N-ethyl adjacent to an activating group) is 1. The maximum atomic E-state index is 12.8. The van der Waals surface area contributed by atoms with Crippen LogP contribution in [-0.2, 0) is 33.4 Å². The van der Waals surface area contributed by atoms with Crippen molar-refractivity contribution < 1.29 is 37.0 Å². The number of amides is 2. The van der Waals surface area contributed by atoms with E-state index >= 15 is 0 Å². The molecule has 1 fully saturated rings. The van der Waals surface area contributed by atoms with Crippen molar-refractivity contribution in [3.8, 4) is 5.75 Å². The lowest BCUT2D eigenvalue weighted by atomic mass is 10.1. The average Bonchev–Trinajstić information content (AvgIpc) is 3.11. The van der Waals surface area contributed by atoms with Gasteiger partial charge in [0.05, 0.1) is 24.8 Å². The van der Waals surface area contributed by atoms with Crippen molar-refractivity contribution in [3.63, 3.8) is 0 Å². The van der Waals surface area contributed by atoms with Crippen LogP contribution in [0, 0.1) is 0 Å². The lowest BCUT2D eigenvalue weighted by molar-refractivity contribution is -0.154. The van der Waals surface area contributed by atoms with Crippen molar-refractivity contribution >= 4 is 12.0 Å². The van der Waals surface area contributed by atoms with Crippen molar-refractivity contribution in [2.24, 2.45) is 0 Å². The van der Waals surface area contributed by atoms with Crippen LogP contribution in [0.1, 0.15) is 30.0 Å². The van der Waals surface area contributed by atoms with E-state index in [0.717, 1.165) is 17.7 Å². The van der Waals surface area contributed by atoms with E-state index in [1.54, 1.807) is 23.8 Å². The molecule has 10 heteroatoms. The van der Waals surface area contributed by atoms with Crippen LogP contribution in [0.15, 0.2) is 48.5 Å². The quantitative estimate of drug-likeness (QED) is 0.417. The summed E-state index contributed by atoms with van der Waals surface area (Å²) in [7, 11) is 3.18. The summed E-state index contributed by atoms with van der Waals surface area (Å²) in [6.45, 7) is 3.13. The van der Waals surface area contributed by atoms with Gasteiger partial charge >= 0.3 is 18.2 Å².